The molecular formula is C13H20FNO4S. The lowest BCUT2D eigenvalue weighted by Gasteiger charge is -2.18. The Morgan fingerprint density at radius 1 is 1.10 bits per heavy atom. The van der Waals surface area contributed by atoms with Gasteiger partial charge in [-0.15, -0.1) is 0 Å². The molecule has 0 aliphatic carbocycles. The van der Waals surface area contributed by atoms with Crippen molar-refractivity contribution in [1.82, 2.24) is 0 Å². The van der Waals surface area contributed by atoms with Gasteiger partial charge in [0.15, 0.2) is 0 Å². The van der Waals surface area contributed by atoms with Gasteiger partial charge in [-0.3, -0.25) is 4.39 Å². The first-order valence-electron chi connectivity index (χ1n) is 6.58. The van der Waals surface area contributed by atoms with Crippen LogP contribution in [0.15, 0.2) is 30.3 Å². The predicted octanol–water partition coefficient (Wildman–Crippen LogP) is 1.36. The van der Waals surface area contributed by atoms with E-state index in [2.05, 4.69) is 4.28 Å². The molecule has 0 bridgehead atoms. The number of quaternary nitrogens is 1. The lowest BCUT2D eigenvalue weighted by molar-refractivity contribution is -1.03. The van der Waals surface area contributed by atoms with Crippen LogP contribution in [-0.4, -0.2) is 20.8 Å². The van der Waals surface area contributed by atoms with Gasteiger partial charge >= 0.3 is 10.1 Å². The number of alkyl halides is 1. The molecule has 0 aromatic heterocycles. The molecule has 1 N–H and O–H groups in total. The maximum atomic E-state index is 11.8. The lowest BCUT2D eigenvalue weighted by atomic mass is 10.2. The van der Waals surface area contributed by atoms with Crippen LogP contribution in [0.3, 0.4) is 0 Å². The molecule has 0 spiro atoms. The molecule has 0 heterocycles. The second-order valence-corrected chi connectivity index (χ2v) is 6.17. The number of hydroxylamine groups is 2. The summed E-state index contributed by atoms with van der Waals surface area (Å²) in [5.74, 6) is -0.209. The minimum Gasteiger partial charge on any atom is -0.599 e. The summed E-state index contributed by atoms with van der Waals surface area (Å²) in [5.41, 5.74) is 0.704. The standard InChI is InChI=1S/C13H20FNO4S/c14-10-6-1-2-7-11-20(17,18)19-15(16)12-13-8-4-3-5-9-13/h3-5,8-9,15H,1-2,6-7,10-12H2. The highest BCUT2D eigenvalue weighted by atomic mass is 32.2. The molecule has 0 saturated carbocycles. The molecule has 1 unspecified atom stereocenters. The van der Waals surface area contributed by atoms with Crippen LogP contribution in [0.2, 0.25) is 0 Å². The minimum atomic E-state index is -3.83. The maximum absolute atomic E-state index is 11.8. The van der Waals surface area contributed by atoms with Crippen molar-refractivity contribution in [1.29, 1.82) is 0 Å². The Kier molecular flexibility index (Phi) is 7.68. The van der Waals surface area contributed by atoms with Gasteiger partial charge in [0.2, 0.25) is 0 Å². The van der Waals surface area contributed by atoms with Crippen LogP contribution in [-0.2, 0) is 20.9 Å². The highest BCUT2D eigenvalue weighted by Gasteiger charge is 2.16. The van der Waals surface area contributed by atoms with Crippen molar-refractivity contribution in [3.8, 4) is 0 Å². The Balaban J connectivity index is 2.30. The maximum Gasteiger partial charge on any atom is 0.314 e. The monoisotopic (exact) mass is 305 g/mol. The van der Waals surface area contributed by atoms with E-state index in [1.165, 1.54) is 0 Å². The fourth-order valence-corrected chi connectivity index (χ4v) is 2.69. The van der Waals surface area contributed by atoms with Crippen molar-refractivity contribution in [3.63, 3.8) is 0 Å². The Hall–Kier alpha value is -1.02. The zero-order valence-electron chi connectivity index (χ0n) is 11.3. The Labute approximate surface area is 119 Å². The third-order valence-corrected chi connectivity index (χ3v) is 3.92. The highest BCUT2D eigenvalue weighted by Crippen LogP contribution is 2.03. The summed E-state index contributed by atoms with van der Waals surface area (Å²) < 4.78 is 39.4. The second kappa shape index (κ2) is 9.02. The van der Waals surface area contributed by atoms with Gasteiger partial charge in [0.1, 0.15) is 6.54 Å². The normalized spacial score (nSPS) is 13.3. The van der Waals surface area contributed by atoms with Gasteiger partial charge < -0.3 is 5.21 Å². The summed E-state index contributed by atoms with van der Waals surface area (Å²) in [7, 11) is -3.83. The molecule has 0 aliphatic rings. The number of benzene rings is 1. The summed E-state index contributed by atoms with van der Waals surface area (Å²) in [5, 5.41) is 10.7. The van der Waals surface area contributed by atoms with Crippen LogP contribution in [0.4, 0.5) is 4.39 Å². The molecule has 0 fully saturated rings. The molecule has 1 atom stereocenters. The summed E-state index contributed by atoms with van der Waals surface area (Å²) in [6.07, 6.45) is 2.07. The molecule has 5 nitrogen and oxygen atoms in total. The quantitative estimate of drug-likeness (QED) is 0.523. The van der Waals surface area contributed by atoms with E-state index in [4.69, 9.17) is 0 Å². The third-order valence-electron chi connectivity index (χ3n) is 2.69. The van der Waals surface area contributed by atoms with Crippen molar-refractivity contribution < 1.29 is 22.3 Å². The number of hydrogen-bond acceptors (Lipinski definition) is 4. The number of rotatable bonds is 10. The average Bonchev–Trinajstić information content (AvgIpc) is 2.38. The van der Waals surface area contributed by atoms with Crippen LogP contribution in [0, 0.1) is 5.21 Å². The fourth-order valence-electron chi connectivity index (χ4n) is 1.70. The van der Waals surface area contributed by atoms with Crippen LogP contribution < -0.4 is 5.23 Å². The van der Waals surface area contributed by atoms with Crippen molar-refractivity contribution in [3.05, 3.63) is 41.1 Å². The van der Waals surface area contributed by atoms with Crippen LogP contribution in [0.1, 0.15) is 31.2 Å². The van der Waals surface area contributed by atoms with E-state index in [0.29, 0.717) is 31.2 Å². The SMILES string of the molecule is O=S(=O)(CCCCCCF)O[NH+]([O-])Cc1ccccc1. The van der Waals surface area contributed by atoms with Crippen molar-refractivity contribution >= 4 is 10.1 Å². The number of unbranched alkanes of at least 4 members (excludes halogenated alkanes) is 3. The van der Waals surface area contributed by atoms with Crippen LogP contribution in [0.25, 0.3) is 0 Å². The summed E-state index contributed by atoms with van der Waals surface area (Å²) in [6, 6.07) is 8.79. The van der Waals surface area contributed by atoms with Gasteiger partial charge in [-0.25, -0.2) is 5.23 Å². The second-order valence-electron chi connectivity index (χ2n) is 4.48. The van der Waals surface area contributed by atoms with Gasteiger partial charge in [0.25, 0.3) is 0 Å². The van der Waals surface area contributed by atoms with Gasteiger partial charge in [0.05, 0.1) is 12.4 Å². The smallest absolute Gasteiger partial charge is 0.314 e. The van der Waals surface area contributed by atoms with Gasteiger partial charge in [-0.05, 0) is 12.8 Å². The average molecular weight is 305 g/mol. The molecule has 0 saturated heterocycles. The van der Waals surface area contributed by atoms with Crippen molar-refractivity contribution in [2.45, 2.75) is 32.2 Å². The molecule has 7 heteroatoms. The molecule has 1 aromatic carbocycles. The third kappa shape index (κ3) is 7.54. The number of hydrogen-bond donors (Lipinski definition) is 1. The first-order chi connectivity index (χ1) is 9.53. The van der Waals surface area contributed by atoms with E-state index >= 15 is 0 Å². The topological polar surface area (TPSA) is 70.9 Å². The highest BCUT2D eigenvalue weighted by molar-refractivity contribution is 7.86. The molecular weight excluding hydrogens is 285 g/mol. The van der Waals surface area contributed by atoms with Gasteiger partial charge in [-0.1, -0.05) is 47.5 Å². The molecule has 0 radical (unpaired) electrons. The van der Waals surface area contributed by atoms with E-state index in [-0.39, 0.29) is 12.3 Å². The Morgan fingerprint density at radius 3 is 2.40 bits per heavy atom. The van der Waals surface area contributed by atoms with E-state index in [1.807, 2.05) is 6.07 Å². The molecule has 1 aromatic rings. The number of halogens is 1. The minimum absolute atomic E-state index is 0.0675. The van der Waals surface area contributed by atoms with E-state index in [1.54, 1.807) is 24.3 Å². The molecule has 0 aliphatic heterocycles. The summed E-state index contributed by atoms with van der Waals surface area (Å²) >= 11 is 0. The van der Waals surface area contributed by atoms with Gasteiger partial charge in [-0.2, -0.15) is 8.42 Å². The molecule has 0 amide bonds. The summed E-state index contributed by atoms with van der Waals surface area (Å²) in [4.78, 5) is 0. The number of nitrogens with one attached hydrogen (secondary N) is 1. The van der Waals surface area contributed by atoms with Crippen molar-refractivity contribution in [2.24, 2.45) is 0 Å². The Bertz CT molecular complexity index is 467. The Morgan fingerprint density at radius 2 is 1.75 bits per heavy atom. The fraction of sp³-hybridized carbons (Fsp3) is 0.538. The van der Waals surface area contributed by atoms with Crippen LogP contribution >= 0.6 is 0 Å². The lowest BCUT2D eigenvalue weighted by Crippen LogP contribution is -3.05. The summed E-state index contributed by atoms with van der Waals surface area (Å²) in [6.45, 7) is -0.458. The molecule has 114 valence electrons. The van der Waals surface area contributed by atoms with E-state index in [0.717, 1.165) is 0 Å². The predicted molar refractivity (Wildman–Crippen MR) is 73.8 cm³/mol. The first-order valence-corrected chi connectivity index (χ1v) is 8.16. The first kappa shape index (κ1) is 17.0. The van der Waals surface area contributed by atoms with Crippen LogP contribution in [0.5, 0.6) is 0 Å². The van der Waals surface area contributed by atoms with Crippen molar-refractivity contribution in [2.75, 3.05) is 12.4 Å². The molecule has 20 heavy (non-hydrogen) atoms. The van der Waals surface area contributed by atoms with Gasteiger partial charge in [0, 0.05) is 5.56 Å². The zero-order valence-corrected chi connectivity index (χ0v) is 12.1. The largest absolute Gasteiger partial charge is 0.599 e. The van der Waals surface area contributed by atoms with E-state index in [9.17, 15) is 18.0 Å². The molecule has 1 rings (SSSR count). The zero-order chi connectivity index (χ0) is 14.8. The van der Waals surface area contributed by atoms with E-state index < -0.39 is 22.0 Å².